The van der Waals surface area contributed by atoms with E-state index in [4.69, 9.17) is 14.2 Å². The molecule has 2 aromatic heterocycles. The molecule has 0 spiro atoms. The molecule has 0 amide bonds. The van der Waals surface area contributed by atoms with Gasteiger partial charge in [0.15, 0.2) is 15.5 Å². The number of methoxy groups -OCH3 is 1. The summed E-state index contributed by atoms with van der Waals surface area (Å²) in [7, 11) is -1.66. The number of pyridine rings is 1. The monoisotopic (exact) mass is 453 g/mol. The summed E-state index contributed by atoms with van der Waals surface area (Å²) in [6, 6.07) is 15.4. The van der Waals surface area contributed by atoms with E-state index in [1.54, 1.807) is 31.5 Å². The molecular formula is C23H23N3O5S. The van der Waals surface area contributed by atoms with Crippen molar-refractivity contribution in [3.8, 4) is 28.6 Å². The van der Waals surface area contributed by atoms with Gasteiger partial charge in [0.1, 0.15) is 34.7 Å². The fraction of sp³-hybridized carbons (Fsp3) is 0.217. The van der Waals surface area contributed by atoms with E-state index in [0.717, 1.165) is 11.1 Å². The zero-order valence-electron chi connectivity index (χ0n) is 17.9. The Bertz CT molecular complexity index is 1300. The Morgan fingerprint density at radius 2 is 1.78 bits per heavy atom. The minimum absolute atomic E-state index is 0.172. The minimum Gasteiger partial charge on any atom is -0.488 e. The molecule has 0 saturated carbocycles. The maximum atomic E-state index is 11.7. The first-order chi connectivity index (χ1) is 15.3. The molecule has 0 fully saturated rings. The van der Waals surface area contributed by atoms with E-state index < -0.39 is 9.84 Å². The average Bonchev–Trinajstić information content (AvgIpc) is 3.18. The third-order valence-corrected chi connectivity index (χ3v) is 5.76. The van der Waals surface area contributed by atoms with Crippen LogP contribution in [-0.4, -0.2) is 49.4 Å². The Kier molecular flexibility index (Phi) is 6.11. The number of aromatic amines is 1. The van der Waals surface area contributed by atoms with Gasteiger partial charge in [0.2, 0.25) is 0 Å². The number of sulfone groups is 1. The van der Waals surface area contributed by atoms with Crippen molar-refractivity contribution in [2.24, 2.45) is 0 Å². The fourth-order valence-electron chi connectivity index (χ4n) is 3.21. The molecule has 2 heterocycles. The zero-order valence-corrected chi connectivity index (χ0v) is 18.7. The second kappa shape index (κ2) is 8.97. The lowest BCUT2D eigenvalue weighted by molar-refractivity contribution is 0.0920. The summed E-state index contributed by atoms with van der Waals surface area (Å²) in [5.41, 5.74) is 2.19. The summed E-state index contributed by atoms with van der Waals surface area (Å²) in [5.74, 6) is 2.23. The molecule has 0 aliphatic rings. The Morgan fingerprint density at radius 1 is 1.03 bits per heavy atom. The van der Waals surface area contributed by atoms with Crippen molar-refractivity contribution in [2.45, 2.75) is 17.9 Å². The van der Waals surface area contributed by atoms with Crippen molar-refractivity contribution in [3.63, 3.8) is 0 Å². The van der Waals surface area contributed by atoms with E-state index >= 15 is 0 Å². The van der Waals surface area contributed by atoms with Crippen molar-refractivity contribution >= 4 is 21.0 Å². The second-order valence-corrected chi connectivity index (χ2v) is 9.39. The first kappa shape index (κ1) is 21.8. The SMILES string of the molecule is COCC(C)Oc1cc(Oc2ccc(S(C)(=O)=O)cc2)cc(-c2nc3cccnc3[nH]2)c1. The Balaban J connectivity index is 1.69. The van der Waals surface area contributed by atoms with E-state index in [1.807, 2.05) is 31.2 Å². The molecule has 1 unspecified atom stereocenters. The number of nitrogens with one attached hydrogen (secondary N) is 1. The molecule has 2 aromatic carbocycles. The van der Waals surface area contributed by atoms with Gasteiger partial charge in [0.25, 0.3) is 0 Å². The molecule has 0 aliphatic carbocycles. The lowest BCUT2D eigenvalue weighted by Gasteiger charge is -2.16. The van der Waals surface area contributed by atoms with Gasteiger partial charge >= 0.3 is 0 Å². The lowest BCUT2D eigenvalue weighted by atomic mass is 10.2. The van der Waals surface area contributed by atoms with Crippen LogP contribution in [0, 0.1) is 0 Å². The molecule has 1 N–H and O–H groups in total. The van der Waals surface area contributed by atoms with Gasteiger partial charge < -0.3 is 19.2 Å². The predicted octanol–water partition coefficient (Wildman–Crippen LogP) is 4.23. The van der Waals surface area contributed by atoms with Crippen LogP contribution in [0.4, 0.5) is 0 Å². The molecule has 1 atom stereocenters. The topological polar surface area (TPSA) is 103 Å². The number of imidazole rings is 1. The number of hydrogen-bond acceptors (Lipinski definition) is 7. The second-order valence-electron chi connectivity index (χ2n) is 7.38. The van der Waals surface area contributed by atoms with Gasteiger partial charge in [0, 0.05) is 31.2 Å². The number of rotatable bonds is 8. The third kappa shape index (κ3) is 5.06. The highest BCUT2D eigenvalue weighted by Gasteiger charge is 2.13. The van der Waals surface area contributed by atoms with Crippen molar-refractivity contribution < 1.29 is 22.6 Å². The minimum atomic E-state index is -3.28. The molecule has 8 nitrogen and oxygen atoms in total. The number of benzene rings is 2. The normalized spacial score (nSPS) is 12.6. The molecule has 32 heavy (non-hydrogen) atoms. The summed E-state index contributed by atoms with van der Waals surface area (Å²) in [4.78, 5) is 12.3. The lowest BCUT2D eigenvalue weighted by Crippen LogP contribution is -2.17. The molecule has 0 aliphatic heterocycles. The molecule has 0 bridgehead atoms. The molecule has 166 valence electrons. The van der Waals surface area contributed by atoms with E-state index in [-0.39, 0.29) is 11.0 Å². The van der Waals surface area contributed by atoms with Gasteiger partial charge in [-0.25, -0.2) is 18.4 Å². The smallest absolute Gasteiger partial charge is 0.175 e. The summed E-state index contributed by atoms with van der Waals surface area (Å²) in [6.07, 6.45) is 2.69. The number of fused-ring (bicyclic) bond motifs is 1. The molecule has 4 aromatic rings. The van der Waals surface area contributed by atoms with Crippen LogP contribution in [0.5, 0.6) is 17.2 Å². The Labute approximate surface area is 186 Å². The maximum Gasteiger partial charge on any atom is 0.175 e. The van der Waals surface area contributed by atoms with Crippen LogP contribution in [0.3, 0.4) is 0 Å². The Hall–Kier alpha value is -3.43. The summed E-state index contributed by atoms with van der Waals surface area (Å²) >= 11 is 0. The van der Waals surface area contributed by atoms with Crippen LogP contribution in [0.2, 0.25) is 0 Å². The number of H-pyrrole nitrogens is 1. The van der Waals surface area contributed by atoms with E-state index in [2.05, 4.69) is 15.0 Å². The van der Waals surface area contributed by atoms with Crippen molar-refractivity contribution in [1.29, 1.82) is 0 Å². The predicted molar refractivity (Wildman–Crippen MR) is 121 cm³/mol. The van der Waals surface area contributed by atoms with E-state index in [1.165, 1.54) is 18.4 Å². The number of nitrogens with zero attached hydrogens (tertiary/aromatic N) is 2. The molecule has 0 saturated heterocycles. The quantitative estimate of drug-likeness (QED) is 0.426. The van der Waals surface area contributed by atoms with Gasteiger partial charge in [0.05, 0.1) is 11.5 Å². The van der Waals surface area contributed by atoms with Gasteiger partial charge in [-0.05, 0) is 55.5 Å². The molecular weight excluding hydrogens is 430 g/mol. The first-order valence-corrected chi connectivity index (χ1v) is 11.8. The van der Waals surface area contributed by atoms with Crippen LogP contribution in [0.15, 0.2) is 65.7 Å². The molecule has 9 heteroatoms. The largest absolute Gasteiger partial charge is 0.488 e. The zero-order chi connectivity index (χ0) is 22.7. The summed E-state index contributed by atoms with van der Waals surface area (Å²) in [6.45, 7) is 2.34. The first-order valence-electron chi connectivity index (χ1n) is 9.91. The number of hydrogen-bond donors (Lipinski definition) is 1. The van der Waals surface area contributed by atoms with E-state index in [9.17, 15) is 8.42 Å². The van der Waals surface area contributed by atoms with Crippen molar-refractivity contribution in [3.05, 3.63) is 60.8 Å². The van der Waals surface area contributed by atoms with Crippen LogP contribution in [-0.2, 0) is 14.6 Å². The molecule has 0 radical (unpaired) electrons. The van der Waals surface area contributed by atoms with Crippen LogP contribution < -0.4 is 9.47 Å². The van der Waals surface area contributed by atoms with Crippen LogP contribution in [0.25, 0.3) is 22.6 Å². The fourth-order valence-corrected chi connectivity index (χ4v) is 3.84. The highest BCUT2D eigenvalue weighted by molar-refractivity contribution is 7.90. The standard InChI is InChI=1S/C23H23N3O5S/c1-15(14-29-2)30-18-11-16(22-25-21-5-4-10-24-23(21)26-22)12-19(13-18)31-17-6-8-20(9-7-17)32(3,27)28/h4-13,15H,14H2,1-3H3,(H,24,25,26). The van der Waals surface area contributed by atoms with Crippen LogP contribution in [0.1, 0.15) is 6.92 Å². The average molecular weight is 454 g/mol. The summed E-state index contributed by atoms with van der Waals surface area (Å²) in [5, 5.41) is 0. The van der Waals surface area contributed by atoms with E-state index in [0.29, 0.717) is 35.3 Å². The number of aromatic nitrogens is 3. The van der Waals surface area contributed by atoms with Gasteiger partial charge in [-0.15, -0.1) is 0 Å². The highest BCUT2D eigenvalue weighted by Crippen LogP contribution is 2.33. The van der Waals surface area contributed by atoms with Crippen molar-refractivity contribution in [1.82, 2.24) is 15.0 Å². The third-order valence-electron chi connectivity index (χ3n) is 4.64. The molecule has 4 rings (SSSR count). The maximum absolute atomic E-state index is 11.7. The summed E-state index contributed by atoms with van der Waals surface area (Å²) < 4.78 is 40.5. The van der Waals surface area contributed by atoms with Crippen molar-refractivity contribution in [2.75, 3.05) is 20.0 Å². The van der Waals surface area contributed by atoms with Gasteiger partial charge in [-0.3, -0.25) is 0 Å². The highest BCUT2D eigenvalue weighted by atomic mass is 32.2. The number of ether oxygens (including phenoxy) is 3. The van der Waals surface area contributed by atoms with Crippen LogP contribution >= 0.6 is 0 Å². The van der Waals surface area contributed by atoms with Gasteiger partial charge in [-0.1, -0.05) is 0 Å². The Morgan fingerprint density at radius 3 is 2.47 bits per heavy atom. The van der Waals surface area contributed by atoms with Gasteiger partial charge in [-0.2, -0.15) is 0 Å².